The van der Waals surface area contributed by atoms with Gasteiger partial charge >= 0.3 is 0 Å². The molecule has 3 N–H and O–H groups in total. The molecule has 0 bridgehead atoms. The number of rotatable bonds is 8. The quantitative estimate of drug-likeness (QED) is 0.375. The molecule has 0 radical (unpaired) electrons. The van der Waals surface area contributed by atoms with Gasteiger partial charge in [-0.15, -0.1) is 0 Å². The maximum atomic E-state index is 5.76. The van der Waals surface area contributed by atoms with Gasteiger partial charge in [-0.05, 0) is 38.0 Å². The molecule has 0 aromatic rings. The molecule has 0 aromatic heterocycles. The van der Waals surface area contributed by atoms with Crippen molar-refractivity contribution in [2.45, 2.75) is 38.5 Å². The predicted molar refractivity (Wildman–Crippen MR) is 67.6 cm³/mol. The number of guanidine groups is 1. The van der Waals surface area contributed by atoms with Crippen LogP contribution in [0, 0.1) is 5.92 Å². The van der Waals surface area contributed by atoms with E-state index >= 15 is 0 Å². The van der Waals surface area contributed by atoms with Gasteiger partial charge in [0.25, 0.3) is 0 Å². The van der Waals surface area contributed by atoms with Crippen LogP contribution in [0.25, 0.3) is 0 Å². The van der Waals surface area contributed by atoms with E-state index in [4.69, 9.17) is 10.5 Å². The molecule has 0 aliphatic heterocycles. The Labute approximate surface area is 98.6 Å². The van der Waals surface area contributed by atoms with Gasteiger partial charge in [0.2, 0.25) is 0 Å². The maximum Gasteiger partial charge on any atom is 0.188 e. The first-order chi connectivity index (χ1) is 7.83. The zero-order chi connectivity index (χ0) is 11.6. The largest absolute Gasteiger partial charge is 0.385 e. The van der Waals surface area contributed by atoms with E-state index in [2.05, 4.69) is 10.3 Å². The fraction of sp³-hybridized carbons (Fsp3) is 0.917. The lowest BCUT2D eigenvalue weighted by Gasteiger charge is -2.23. The van der Waals surface area contributed by atoms with Crippen molar-refractivity contribution in [3.05, 3.63) is 0 Å². The number of nitrogens with two attached hydrogens (primary N) is 1. The second-order valence-electron chi connectivity index (χ2n) is 4.50. The number of nitrogens with zero attached hydrogens (tertiary/aromatic N) is 1. The van der Waals surface area contributed by atoms with Crippen molar-refractivity contribution >= 4 is 5.96 Å². The van der Waals surface area contributed by atoms with Gasteiger partial charge in [-0.25, -0.2) is 0 Å². The third-order valence-corrected chi connectivity index (χ3v) is 3.08. The van der Waals surface area contributed by atoms with Crippen LogP contribution in [0.1, 0.15) is 38.5 Å². The minimum absolute atomic E-state index is 0.610. The second kappa shape index (κ2) is 8.39. The van der Waals surface area contributed by atoms with Crippen LogP contribution >= 0.6 is 0 Å². The Balaban J connectivity index is 1.90. The smallest absolute Gasteiger partial charge is 0.188 e. The lowest BCUT2D eigenvalue weighted by Crippen LogP contribution is -2.33. The number of nitrogens with one attached hydrogen (secondary N) is 1. The van der Waals surface area contributed by atoms with E-state index < -0.39 is 0 Å². The van der Waals surface area contributed by atoms with Crippen molar-refractivity contribution in [3.63, 3.8) is 0 Å². The molecule has 4 heteroatoms. The summed E-state index contributed by atoms with van der Waals surface area (Å²) in [7, 11) is 1.74. The average molecular weight is 227 g/mol. The topological polar surface area (TPSA) is 59.6 Å². The molecule has 1 fully saturated rings. The van der Waals surface area contributed by atoms with Gasteiger partial charge in [0.1, 0.15) is 0 Å². The standard InChI is InChI=1S/C12H25N3O/c1-16-9-4-2-3-8-14-12(13)15-10-11-6-5-7-11/h11H,2-10H2,1H3,(H3,13,14,15). The van der Waals surface area contributed by atoms with Crippen LogP contribution in [0.3, 0.4) is 0 Å². The predicted octanol–water partition coefficient (Wildman–Crippen LogP) is 1.51. The maximum absolute atomic E-state index is 5.76. The first kappa shape index (κ1) is 13.3. The number of methoxy groups -OCH3 is 1. The summed E-state index contributed by atoms with van der Waals surface area (Å²) in [5, 5.41) is 3.15. The Hall–Kier alpha value is -0.770. The summed E-state index contributed by atoms with van der Waals surface area (Å²) < 4.78 is 4.98. The molecule has 0 unspecified atom stereocenters. The minimum Gasteiger partial charge on any atom is -0.385 e. The minimum atomic E-state index is 0.610. The monoisotopic (exact) mass is 227 g/mol. The molecule has 94 valence electrons. The van der Waals surface area contributed by atoms with E-state index in [1.807, 2.05) is 0 Å². The van der Waals surface area contributed by atoms with E-state index in [1.54, 1.807) is 7.11 Å². The fourth-order valence-electron chi connectivity index (χ4n) is 1.72. The molecule has 0 spiro atoms. The molecule has 1 aliphatic carbocycles. The zero-order valence-electron chi connectivity index (χ0n) is 10.4. The Morgan fingerprint density at radius 3 is 2.81 bits per heavy atom. The Morgan fingerprint density at radius 2 is 2.19 bits per heavy atom. The van der Waals surface area contributed by atoms with Crippen LogP contribution in [0.15, 0.2) is 4.99 Å². The van der Waals surface area contributed by atoms with Crippen LogP contribution in [-0.2, 0) is 4.74 Å². The fourth-order valence-corrected chi connectivity index (χ4v) is 1.72. The van der Waals surface area contributed by atoms with Gasteiger partial charge in [0, 0.05) is 26.8 Å². The third-order valence-electron chi connectivity index (χ3n) is 3.08. The zero-order valence-corrected chi connectivity index (χ0v) is 10.4. The second-order valence-corrected chi connectivity index (χ2v) is 4.50. The van der Waals surface area contributed by atoms with Gasteiger partial charge in [0.05, 0.1) is 0 Å². The Bertz CT molecular complexity index is 202. The molecule has 1 aliphatic rings. The molecular weight excluding hydrogens is 202 g/mol. The molecule has 0 amide bonds. The van der Waals surface area contributed by atoms with Gasteiger partial charge in [0.15, 0.2) is 5.96 Å². The molecule has 1 saturated carbocycles. The summed E-state index contributed by atoms with van der Waals surface area (Å²) in [6.07, 6.45) is 7.45. The van der Waals surface area contributed by atoms with Crippen molar-refractivity contribution in [3.8, 4) is 0 Å². The lowest BCUT2D eigenvalue weighted by molar-refractivity contribution is 0.192. The van der Waals surface area contributed by atoms with Crippen LogP contribution < -0.4 is 11.1 Å². The van der Waals surface area contributed by atoms with Crippen LogP contribution in [0.2, 0.25) is 0 Å². The number of ether oxygens (including phenoxy) is 1. The van der Waals surface area contributed by atoms with E-state index in [0.717, 1.165) is 38.5 Å². The molecule has 0 saturated heterocycles. The van der Waals surface area contributed by atoms with Crippen molar-refractivity contribution in [1.82, 2.24) is 5.32 Å². The molecule has 0 aromatic carbocycles. The molecule has 0 atom stereocenters. The highest BCUT2D eigenvalue weighted by Crippen LogP contribution is 2.26. The summed E-state index contributed by atoms with van der Waals surface area (Å²) in [5.41, 5.74) is 5.76. The Morgan fingerprint density at radius 1 is 1.38 bits per heavy atom. The number of aliphatic imine (C=N–C) groups is 1. The summed E-state index contributed by atoms with van der Waals surface area (Å²) in [5.74, 6) is 1.40. The molecule has 4 nitrogen and oxygen atoms in total. The normalized spacial score (nSPS) is 17.2. The van der Waals surface area contributed by atoms with Crippen molar-refractivity contribution in [2.75, 3.05) is 26.8 Å². The third kappa shape index (κ3) is 5.95. The van der Waals surface area contributed by atoms with Gasteiger partial charge in [-0.2, -0.15) is 0 Å². The summed E-state index contributed by atoms with van der Waals surface area (Å²) in [4.78, 5) is 4.34. The highest BCUT2D eigenvalue weighted by molar-refractivity contribution is 5.77. The van der Waals surface area contributed by atoms with Crippen molar-refractivity contribution in [2.24, 2.45) is 16.6 Å². The number of hydrogen-bond donors (Lipinski definition) is 2. The highest BCUT2D eigenvalue weighted by Gasteiger charge is 2.16. The SMILES string of the molecule is COCCCCCNC(N)=NCC1CCC1. The van der Waals surface area contributed by atoms with Crippen LogP contribution in [0.4, 0.5) is 0 Å². The van der Waals surface area contributed by atoms with Crippen molar-refractivity contribution in [1.29, 1.82) is 0 Å². The van der Waals surface area contributed by atoms with Gasteiger partial charge in [-0.1, -0.05) is 6.42 Å². The first-order valence-electron chi connectivity index (χ1n) is 6.35. The average Bonchev–Trinajstić information content (AvgIpc) is 2.21. The highest BCUT2D eigenvalue weighted by atomic mass is 16.5. The molecule has 1 rings (SSSR count). The van der Waals surface area contributed by atoms with E-state index in [1.165, 1.54) is 25.7 Å². The number of unbranched alkanes of at least 4 members (excludes halogenated alkanes) is 2. The van der Waals surface area contributed by atoms with E-state index in [0.29, 0.717) is 5.96 Å². The Kier molecular flexibility index (Phi) is 6.97. The number of hydrogen-bond acceptors (Lipinski definition) is 2. The lowest BCUT2D eigenvalue weighted by atomic mass is 9.86. The summed E-state index contributed by atoms with van der Waals surface area (Å²) in [6, 6.07) is 0. The first-order valence-corrected chi connectivity index (χ1v) is 6.35. The molecule has 0 heterocycles. The summed E-state index contributed by atoms with van der Waals surface area (Å²) in [6.45, 7) is 2.68. The molecular formula is C12H25N3O. The van der Waals surface area contributed by atoms with Crippen LogP contribution in [-0.4, -0.2) is 32.8 Å². The van der Waals surface area contributed by atoms with E-state index in [-0.39, 0.29) is 0 Å². The van der Waals surface area contributed by atoms with Gasteiger partial charge in [-0.3, -0.25) is 4.99 Å². The van der Waals surface area contributed by atoms with Gasteiger partial charge < -0.3 is 15.8 Å². The summed E-state index contributed by atoms with van der Waals surface area (Å²) >= 11 is 0. The van der Waals surface area contributed by atoms with Crippen molar-refractivity contribution < 1.29 is 4.74 Å². The van der Waals surface area contributed by atoms with Crippen LogP contribution in [0.5, 0.6) is 0 Å². The van der Waals surface area contributed by atoms with E-state index in [9.17, 15) is 0 Å². The molecule has 16 heavy (non-hydrogen) atoms.